The van der Waals surface area contributed by atoms with Gasteiger partial charge in [-0.15, -0.1) is 11.8 Å². The number of carbonyl (C=O) groups is 2. The van der Waals surface area contributed by atoms with E-state index < -0.39 is 6.04 Å². The minimum Gasteiger partial charge on any atom is -0.377 e. The van der Waals surface area contributed by atoms with Crippen molar-refractivity contribution in [3.05, 3.63) is 29.8 Å². The van der Waals surface area contributed by atoms with E-state index in [2.05, 4.69) is 5.32 Å². The van der Waals surface area contributed by atoms with Crippen LogP contribution in [0.3, 0.4) is 0 Å². The SMILES string of the molecule is CC1C(=O)Nc2ccccc2CN1C(=O)CSCC1CCCCO1. The molecule has 2 amide bonds. The molecule has 2 aliphatic rings. The van der Waals surface area contributed by atoms with Crippen molar-refractivity contribution in [1.29, 1.82) is 0 Å². The average Bonchev–Trinajstić information content (AvgIpc) is 2.73. The number of fused-ring (bicyclic) bond motifs is 1. The van der Waals surface area contributed by atoms with Crippen molar-refractivity contribution in [1.82, 2.24) is 4.90 Å². The summed E-state index contributed by atoms with van der Waals surface area (Å²) >= 11 is 1.60. The molecule has 2 unspecified atom stereocenters. The van der Waals surface area contributed by atoms with Crippen LogP contribution in [0.1, 0.15) is 31.7 Å². The fourth-order valence-electron chi connectivity index (χ4n) is 3.08. The summed E-state index contributed by atoms with van der Waals surface area (Å²) < 4.78 is 5.70. The molecule has 0 aromatic heterocycles. The summed E-state index contributed by atoms with van der Waals surface area (Å²) in [6.45, 7) is 3.09. The smallest absolute Gasteiger partial charge is 0.246 e. The second-order valence-corrected chi connectivity index (χ2v) is 7.38. The van der Waals surface area contributed by atoms with Gasteiger partial charge in [0.25, 0.3) is 0 Å². The number of ether oxygens (including phenoxy) is 1. The lowest BCUT2D eigenvalue weighted by Crippen LogP contribution is -2.44. The summed E-state index contributed by atoms with van der Waals surface area (Å²) in [6.07, 6.45) is 3.69. The van der Waals surface area contributed by atoms with E-state index in [1.807, 2.05) is 24.3 Å². The van der Waals surface area contributed by atoms with Gasteiger partial charge in [0.05, 0.1) is 11.9 Å². The molecule has 1 N–H and O–H groups in total. The molecule has 0 radical (unpaired) electrons. The van der Waals surface area contributed by atoms with Gasteiger partial charge in [-0.25, -0.2) is 0 Å². The lowest BCUT2D eigenvalue weighted by atomic mass is 10.1. The van der Waals surface area contributed by atoms with Crippen LogP contribution in [0.4, 0.5) is 5.69 Å². The molecule has 3 rings (SSSR count). The highest BCUT2D eigenvalue weighted by atomic mass is 32.2. The van der Waals surface area contributed by atoms with Gasteiger partial charge in [-0.1, -0.05) is 18.2 Å². The number of nitrogens with zero attached hydrogens (tertiary/aromatic N) is 1. The second kappa shape index (κ2) is 8.03. The van der Waals surface area contributed by atoms with E-state index in [1.54, 1.807) is 23.6 Å². The van der Waals surface area contributed by atoms with Crippen molar-refractivity contribution in [3.63, 3.8) is 0 Å². The highest BCUT2D eigenvalue weighted by molar-refractivity contribution is 7.99. The zero-order chi connectivity index (χ0) is 16.9. The summed E-state index contributed by atoms with van der Waals surface area (Å²) in [4.78, 5) is 26.6. The molecule has 1 saturated heterocycles. The first kappa shape index (κ1) is 17.3. The molecule has 6 heteroatoms. The van der Waals surface area contributed by atoms with E-state index in [4.69, 9.17) is 4.74 Å². The van der Waals surface area contributed by atoms with E-state index in [0.29, 0.717) is 12.3 Å². The Bertz CT molecular complexity index is 602. The van der Waals surface area contributed by atoms with Crippen LogP contribution in [-0.2, 0) is 20.9 Å². The van der Waals surface area contributed by atoms with Crippen molar-refractivity contribution in [2.24, 2.45) is 0 Å². The van der Waals surface area contributed by atoms with Gasteiger partial charge in [0, 0.05) is 24.6 Å². The quantitative estimate of drug-likeness (QED) is 0.909. The molecule has 0 bridgehead atoms. The van der Waals surface area contributed by atoms with E-state index in [0.717, 1.165) is 36.5 Å². The molecule has 1 aromatic rings. The summed E-state index contributed by atoms with van der Waals surface area (Å²) in [7, 11) is 0. The summed E-state index contributed by atoms with van der Waals surface area (Å²) in [5.41, 5.74) is 1.78. The molecular formula is C18H24N2O3S. The van der Waals surface area contributed by atoms with E-state index in [-0.39, 0.29) is 17.9 Å². The number of hydrogen-bond donors (Lipinski definition) is 1. The highest BCUT2D eigenvalue weighted by Crippen LogP contribution is 2.24. The zero-order valence-corrected chi connectivity index (χ0v) is 14.8. The Hall–Kier alpha value is -1.53. The van der Waals surface area contributed by atoms with Crippen LogP contribution in [0, 0.1) is 0 Å². The predicted molar refractivity (Wildman–Crippen MR) is 96.0 cm³/mol. The van der Waals surface area contributed by atoms with Gasteiger partial charge in [0.2, 0.25) is 11.8 Å². The Kier molecular flexibility index (Phi) is 5.79. The van der Waals surface area contributed by atoms with Gasteiger partial charge in [0.15, 0.2) is 0 Å². The molecular weight excluding hydrogens is 324 g/mol. The first-order chi connectivity index (χ1) is 11.6. The Labute approximate surface area is 147 Å². The number of para-hydroxylation sites is 1. The molecule has 1 aromatic carbocycles. The van der Waals surface area contributed by atoms with E-state index in [1.165, 1.54) is 6.42 Å². The minimum atomic E-state index is -0.462. The van der Waals surface area contributed by atoms with Crippen molar-refractivity contribution in [3.8, 4) is 0 Å². The molecule has 2 atom stereocenters. The minimum absolute atomic E-state index is 0.00941. The summed E-state index contributed by atoms with van der Waals surface area (Å²) in [5, 5.41) is 2.91. The maximum atomic E-state index is 12.6. The number of anilines is 1. The molecule has 1 fully saturated rings. The number of hydrogen-bond acceptors (Lipinski definition) is 4. The van der Waals surface area contributed by atoms with Gasteiger partial charge in [-0.05, 0) is 37.8 Å². The van der Waals surface area contributed by atoms with Crippen LogP contribution in [-0.4, -0.2) is 47.0 Å². The van der Waals surface area contributed by atoms with E-state index >= 15 is 0 Å². The normalized spacial score (nSPS) is 24.0. The molecule has 2 heterocycles. The summed E-state index contributed by atoms with van der Waals surface area (Å²) in [6, 6.07) is 7.19. The maximum Gasteiger partial charge on any atom is 0.246 e. The third-order valence-electron chi connectivity index (χ3n) is 4.59. The molecule has 2 aliphatic heterocycles. The molecule has 24 heavy (non-hydrogen) atoms. The number of nitrogens with one attached hydrogen (secondary N) is 1. The molecule has 0 saturated carbocycles. The fraction of sp³-hybridized carbons (Fsp3) is 0.556. The van der Waals surface area contributed by atoms with Gasteiger partial charge >= 0.3 is 0 Å². The van der Waals surface area contributed by atoms with Crippen molar-refractivity contribution in [2.45, 2.75) is 44.9 Å². The first-order valence-electron chi connectivity index (χ1n) is 8.52. The average molecular weight is 348 g/mol. The summed E-state index contributed by atoms with van der Waals surface area (Å²) in [5.74, 6) is 1.11. The molecule has 0 aliphatic carbocycles. The lowest BCUT2D eigenvalue weighted by Gasteiger charge is -2.26. The van der Waals surface area contributed by atoms with Crippen LogP contribution in [0.5, 0.6) is 0 Å². The van der Waals surface area contributed by atoms with Crippen molar-refractivity contribution in [2.75, 3.05) is 23.4 Å². The number of amides is 2. The van der Waals surface area contributed by atoms with Gasteiger partial charge in [0.1, 0.15) is 6.04 Å². The fourth-order valence-corrected chi connectivity index (χ4v) is 4.07. The van der Waals surface area contributed by atoms with Gasteiger partial charge in [-0.3, -0.25) is 9.59 Å². The van der Waals surface area contributed by atoms with Crippen LogP contribution in [0.25, 0.3) is 0 Å². The molecule has 0 spiro atoms. The van der Waals surface area contributed by atoms with Crippen molar-refractivity contribution >= 4 is 29.3 Å². The topological polar surface area (TPSA) is 58.6 Å². The second-order valence-electron chi connectivity index (χ2n) is 6.35. The number of carbonyl (C=O) groups excluding carboxylic acids is 2. The Morgan fingerprint density at radius 3 is 3.00 bits per heavy atom. The van der Waals surface area contributed by atoms with Crippen molar-refractivity contribution < 1.29 is 14.3 Å². The predicted octanol–water partition coefficient (Wildman–Crippen LogP) is 2.66. The van der Waals surface area contributed by atoms with Crippen LogP contribution in [0.2, 0.25) is 0 Å². The van der Waals surface area contributed by atoms with E-state index in [9.17, 15) is 9.59 Å². The molecule has 130 valence electrons. The number of thioether (sulfide) groups is 1. The molecule has 5 nitrogen and oxygen atoms in total. The maximum absolute atomic E-state index is 12.6. The van der Waals surface area contributed by atoms with Crippen LogP contribution >= 0.6 is 11.8 Å². The first-order valence-corrected chi connectivity index (χ1v) is 9.68. The van der Waals surface area contributed by atoms with Gasteiger partial charge in [-0.2, -0.15) is 0 Å². The highest BCUT2D eigenvalue weighted by Gasteiger charge is 2.30. The Morgan fingerprint density at radius 1 is 1.38 bits per heavy atom. The standard InChI is InChI=1S/C18H24N2O3S/c1-13-18(22)19-16-8-3-2-6-14(16)10-20(13)17(21)12-24-11-15-7-4-5-9-23-15/h2-3,6,8,13,15H,4-5,7,9-12H2,1H3,(H,19,22). The number of rotatable bonds is 4. The lowest BCUT2D eigenvalue weighted by molar-refractivity contribution is -0.136. The Morgan fingerprint density at radius 2 is 2.21 bits per heavy atom. The van der Waals surface area contributed by atoms with Crippen LogP contribution < -0.4 is 5.32 Å². The Balaban J connectivity index is 1.59. The van der Waals surface area contributed by atoms with Gasteiger partial charge < -0.3 is 15.0 Å². The number of benzene rings is 1. The van der Waals surface area contributed by atoms with Crippen LogP contribution in [0.15, 0.2) is 24.3 Å². The third kappa shape index (κ3) is 4.11. The largest absolute Gasteiger partial charge is 0.377 e. The zero-order valence-electron chi connectivity index (χ0n) is 14.0. The monoisotopic (exact) mass is 348 g/mol. The third-order valence-corrected chi connectivity index (χ3v) is 5.65.